The van der Waals surface area contributed by atoms with Crippen molar-refractivity contribution in [1.82, 2.24) is 14.4 Å². The molecule has 15 heavy (non-hydrogen) atoms. The Labute approximate surface area is 95.3 Å². The normalized spacial score (nSPS) is 11.2. The van der Waals surface area contributed by atoms with E-state index in [1.807, 2.05) is 13.8 Å². The lowest BCUT2D eigenvalue weighted by atomic mass is 10.3. The predicted molar refractivity (Wildman–Crippen MR) is 60.0 cm³/mol. The lowest BCUT2D eigenvalue weighted by Gasteiger charge is -2.07. The highest BCUT2D eigenvalue weighted by atomic mass is 32.1. The van der Waals surface area contributed by atoms with Crippen molar-refractivity contribution in [3.05, 3.63) is 11.9 Å². The molecule has 86 valence electrons. The minimum Gasteiger partial charge on any atom is -0.379 e. The van der Waals surface area contributed by atoms with E-state index in [0.717, 1.165) is 12.1 Å². The van der Waals surface area contributed by atoms with E-state index in [1.54, 1.807) is 6.20 Å². The summed E-state index contributed by atoms with van der Waals surface area (Å²) in [5, 5.41) is 7.42. The Balaban J connectivity index is 2.00. The van der Waals surface area contributed by atoms with Gasteiger partial charge in [-0.2, -0.15) is 4.09 Å². The molecule has 0 aromatic carbocycles. The molecule has 0 N–H and O–H groups in total. The Morgan fingerprint density at radius 1 is 1.40 bits per heavy atom. The highest BCUT2D eigenvalue weighted by molar-refractivity contribution is 7.78. The van der Waals surface area contributed by atoms with Gasteiger partial charge in [0.25, 0.3) is 0 Å². The fraction of sp³-hybridized carbons (Fsp3) is 0.778. The molecule has 1 aromatic heterocycles. The van der Waals surface area contributed by atoms with Crippen LogP contribution in [0.3, 0.4) is 0 Å². The molecule has 0 aliphatic carbocycles. The first kappa shape index (κ1) is 12.5. The first-order valence-corrected chi connectivity index (χ1v) is 5.38. The standard InChI is InChI=1S/C9H17N3O2S/c1-8(2)14-6-5-13-4-3-9-7-10-11-12(9)15/h7-8,15H,3-6H2,1-2H3. The molecule has 5 nitrogen and oxygen atoms in total. The monoisotopic (exact) mass is 231 g/mol. The largest absolute Gasteiger partial charge is 0.379 e. The second-order valence-corrected chi connectivity index (χ2v) is 3.78. The summed E-state index contributed by atoms with van der Waals surface area (Å²) in [5.74, 6) is 0. The molecule has 0 atom stereocenters. The van der Waals surface area contributed by atoms with Gasteiger partial charge in [-0.15, -0.1) is 5.10 Å². The number of hydrogen-bond donors (Lipinski definition) is 1. The van der Waals surface area contributed by atoms with E-state index in [0.29, 0.717) is 19.8 Å². The van der Waals surface area contributed by atoms with Crippen molar-refractivity contribution in [2.75, 3.05) is 19.8 Å². The molecular formula is C9H17N3O2S. The maximum atomic E-state index is 5.38. The van der Waals surface area contributed by atoms with Crippen LogP contribution in [0.2, 0.25) is 0 Å². The third-order valence-corrected chi connectivity index (χ3v) is 2.12. The van der Waals surface area contributed by atoms with Gasteiger partial charge in [0.2, 0.25) is 0 Å². The molecule has 0 spiro atoms. The average Bonchev–Trinajstić information content (AvgIpc) is 2.57. The summed E-state index contributed by atoms with van der Waals surface area (Å²) in [6, 6.07) is 0. The molecule has 0 saturated heterocycles. The van der Waals surface area contributed by atoms with Crippen LogP contribution in [0.5, 0.6) is 0 Å². The van der Waals surface area contributed by atoms with Crippen LogP contribution in [0.1, 0.15) is 19.5 Å². The smallest absolute Gasteiger partial charge is 0.0737 e. The lowest BCUT2D eigenvalue weighted by molar-refractivity contribution is 0.0202. The predicted octanol–water partition coefficient (Wildman–Crippen LogP) is 0.955. The van der Waals surface area contributed by atoms with Crippen molar-refractivity contribution in [3.63, 3.8) is 0 Å². The lowest BCUT2D eigenvalue weighted by Crippen LogP contribution is -2.11. The molecule has 1 rings (SSSR count). The van der Waals surface area contributed by atoms with Gasteiger partial charge < -0.3 is 9.47 Å². The highest BCUT2D eigenvalue weighted by Gasteiger charge is 2.00. The quantitative estimate of drug-likeness (QED) is 0.561. The van der Waals surface area contributed by atoms with Crippen molar-refractivity contribution < 1.29 is 9.47 Å². The number of rotatable bonds is 7. The first-order valence-electron chi connectivity index (χ1n) is 4.98. The second kappa shape index (κ2) is 6.81. The summed E-state index contributed by atoms with van der Waals surface area (Å²) in [6.07, 6.45) is 2.70. The molecule has 1 aromatic rings. The van der Waals surface area contributed by atoms with Crippen LogP contribution in [-0.4, -0.2) is 40.3 Å². The fourth-order valence-electron chi connectivity index (χ4n) is 1.04. The fourth-order valence-corrected chi connectivity index (χ4v) is 1.23. The van der Waals surface area contributed by atoms with Crippen LogP contribution in [-0.2, 0) is 15.9 Å². The minimum absolute atomic E-state index is 0.261. The van der Waals surface area contributed by atoms with Crippen LogP contribution in [0.15, 0.2) is 6.20 Å². The number of ether oxygens (including phenoxy) is 2. The van der Waals surface area contributed by atoms with Crippen LogP contribution in [0.25, 0.3) is 0 Å². The van der Waals surface area contributed by atoms with Gasteiger partial charge in [0, 0.05) is 6.42 Å². The van der Waals surface area contributed by atoms with Gasteiger partial charge in [0.15, 0.2) is 0 Å². The minimum atomic E-state index is 0.261. The molecular weight excluding hydrogens is 214 g/mol. The van der Waals surface area contributed by atoms with E-state index >= 15 is 0 Å². The topological polar surface area (TPSA) is 49.2 Å². The van der Waals surface area contributed by atoms with E-state index in [2.05, 4.69) is 23.1 Å². The van der Waals surface area contributed by atoms with Gasteiger partial charge in [-0.1, -0.05) is 5.21 Å². The molecule has 6 heteroatoms. The second-order valence-electron chi connectivity index (χ2n) is 3.40. The Hall–Kier alpha value is -0.590. The summed E-state index contributed by atoms with van der Waals surface area (Å²) in [4.78, 5) is 0. The van der Waals surface area contributed by atoms with Crippen LogP contribution >= 0.6 is 12.8 Å². The molecule has 0 unspecified atom stereocenters. The first-order chi connectivity index (χ1) is 7.20. The number of aromatic nitrogens is 3. The Morgan fingerprint density at radius 3 is 2.80 bits per heavy atom. The zero-order valence-corrected chi connectivity index (χ0v) is 9.98. The van der Waals surface area contributed by atoms with E-state index in [1.165, 1.54) is 4.09 Å². The average molecular weight is 231 g/mol. The van der Waals surface area contributed by atoms with Crippen LogP contribution < -0.4 is 0 Å². The Bertz CT molecular complexity index is 278. The van der Waals surface area contributed by atoms with E-state index < -0.39 is 0 Å². The van der Waals surface area contributed by atoms with Gasteiger partial charge in [0.1, 0.15) is 0 Å². The molecule has 0 fully saturated rings. The third-order valence-electron chi connectivity index (χ3n) is 1.78. The van der Waals surface area contributed by atoms with Crippen molar-refractivity contribution in [2.24, 2.45) is 0 Å². The van der Waals surface area contributed by atoms with Crippen molar-refractivity contribution >= 4 is 12.8 Å². The highest BCUT2D eigenvalue weighted by Crippen LogP contribution is 1.99. The summed E-state index contributed by atoms with van der Waals surface area (Å²) in [7, 11) is 0. The zero-order chi connectivity index (χ0) is 11.1. The maximum absolute atomic E-state index is 5.38. The van der Waals surface area contributed by atoms with Crippen molar-refractivity contribution in [3.8, 4) is 0 Å². The van der Waals surface area contributed by atoms with Crippen LogP contribution in [0, 0.1) is 0 Å². The molecule has 0 aliphatic heterocycles. The van der Waals surface area contributed by atoms with Gasteiger partial charge in [0.05, 0.1) is 37.8 Å². The Kier molecular flexibility index (Phi) is 5.67. The number of hydrogen-bond acceptors (Lipinski definition) is 5. The SMILES string of the molecule is CC(C)OCCOCCc1cnnn1S. The van der Waals surface area contributed by atoms with Crippen LogP contribution in [0.4, 0.5) is 0 Å². The van der Waals surface area contributed by atoms with Gasteiger partial charge in [-0.25, -0.2) is 0 Å². The van der Waals surface area contributed by atoms with Crippen molar-refractivity contribution in [2.45, 2.75) is 26.4 Å². The molecule has 0 bridgehead atoms. The summed E-state index contributed by atoms with van der Waals surface area (Å²) in [6.45, 7) is 5.90. The molecule has 0 saturated carbocycles. The van der Waals surface area contributed by atoms with Gasteiger partial charge in [-0.05, 0) is 26.7 Å². The third kappa shape index (κ3) is 5.15. The zero-order valence-electron chi connectivity index (χ0n) is 9.09. The van der Waals surface area contributed by atoms with Gasteiger partial charge >= 0.3 is 0 Å². The molecule has 0 aliphatic rings. The van der Waals surface area contributed by atoms with Gasteiger partial charge in [-0.3, -0.25) is 0 Å². The summed E-state index contributed by atoms with van der Waals surface area (Å²) >= 11 is 4.08. The van der Waals surface area contributed by atoms with Crippen molar-refractivity contribution in [1.29, 1.82) is 0 Å². The summed E-state index contributed by atoms with van der Waals surface area (Å²) in [5.41, 5.74) is 0.947. The number of nitrogens with zero attached hydrogens (tertiary/aromatic N) is 3. The molecule has 1 heterocycles. The van der Waals surface area contributed by atoms with E-state index in [4.69, 9.17) is 9.47 Å². The summed E-state index contributed by atoms with van der Waals surface area (Å²) < 4.78 is 12.2. The van der Waals surface area contributed by atoms with E-state index in [9.17, 15) is 0 Å². The molecule has 0 amide bonds. The maximum Gasteiger partial charge on any atom is 0.0737 e. The van der Waals surface area contributed by atoms with E-state index in [-0.39, 0.29) is 6.10 Å². The number of thiol groups is 1. The Morgan fingerprint density at radius 2 is 2.20 bits per heavy atom. The molecule has 0 radical (unpaired) electrons.